The summed E-state index contributed by atoms with van der Waals surface area (Å²) in [6, 6.07) is 4.61. The van der Waals surface area contributed by atoms with Crippen LogP contribution in [0.15, 0.2) is 18.2 Å². The van der Waals surface area contributed by atoms with Gasteiger partial charge >= 0.3 is 5.97 Å². The van der Waals surface area contributed by atoms with Gasteiger partial charge in [0.15, 0.2) is 11.5 Å². The van der Waals surface area contributed by atoms with E-state index in [0.29, 0.717) is 56.7 Å². The third-order valence-corrected chi connectivity index (χ3v) is 3.13. The molecule has 0 aromatic heterocycles. The highest BCUT2D eigenvalue weighted by Crippen LogP contribution is 2.31. The van der Waals surface area contributed by atoms with Crippen LogP contribution in [0.4, 0.5) is 0 Å². The van der Waals surface area contributed by atoms with Crippen molar-refractivity contribution < 1.29 is 28.8 Å². The molecule has 3 N–H and O–H groups in total. The molecule has 22 heavy (non-hydrogen) atoms. The molecule has 0 amide bonds. The molecule has 1 unspecified atom stereocenters. The maximum absolute atomic E-state index is 10.8. The van der Waals surface area contributed by atoms with E-state index in [-0.39, 0.29) is 6.42 Å². The van der Waals surface area contributed by atoms with E-state index < -0.39 is 12.0 Å². The molecular weight excluding hydrogens is 290 g/mol. The quantitative estimate of drug-likeness (QED) is 0.857. The molecule has 1 atom stereocenters. The summed E-state index contributed by atoms with van der Waals surface area (Å²) < 4.78 is 22.0. The Morgan fingerprint density at radius 3 is 2.27 bits per heavy atom. The molecule has 7 heteroatoms. The van der Waals surface area contributed by atoms with Crippen molar-refractivity contribution in [2.75, 3.05) is 39.6 Å². The van der Waals surface area contributed by atoms with E-state index >= 15 is 0 Å². The summed E-state index contributed by atoms with van der Waals surface area (Å²) in [4.78, 5) is 10.8. The molecule has 2 rings (SSSR count). The van der Waals surface area contributed by atoms with E-state index in [1.165, 1.54) is 0 Å². The highest BCUT2D eigenvalue weighted by molar-refractivity contribution is 5.68. The molecule has 122 valence electrons. The summed E-state index contributed by atoms with van der Waals surface area (Å²) in [7, 11) is 0. The first-order valence-corrected chi connectivity index (χ1v) is 7.19. The van der Waals surface area contributed by atoms with Crippen molar-refractivity contribution in [1.29, 1.82) is 0 Å². The number of ether oxygens (including phenoxy) is 4. The predicted octanol–water partition coefficient (Wildman–Crippen LogP) is 0.965. The number of benzene rings is 1. The molecule has 1 aromatic carbocycles. The van der Waals surface area contributed by atoms with Gasteiger partial charge in [-0.25, -0.2) is 0 Å². The minimum absolute atomic E-state index is 0.142. The third-order valence-electron chi connectivity index (χ3n) is 3.13. The first-order valence-electron chi connectivity index (χ1n) is 7.19. The van der Waals surface area contributed by atoms with Gasteiger partial charge in [0.1, 0.15) is 13.2 Å². The lowest BCUT2D eigenvalue weighted by atomic mass is 10.0. The second-order valence-corrected chi connectivity index (χ2v) is 4.83. The van der Waals surface area contributed by atoms with Gasteiger partial charge in [-0.1, -0.05) is 6.07 Å². The first-order chi connectivity index (χ1) is 10.7. The number of carboxylic acid groups (broad SMARTS) is 1. The van der Waals surface area contributed by atoms with Gasteiger partial charge in [-0.15, -0.1) is 0 Å². The summed E-state index contributed by atoms with van der Waals surface area (Å²) in [6.45, 7) is 2.71. The lowest BCUT2D eigenvalue weighted by molar-refractivity contribution is -0.137. The Labute approximate surface area is 128 Å². The Balaban J connectivity index is 2.11. The standard InChI is InChI=1S/C15H21NO6/c16-12(10-15(17)18)11-1-2-13-14(9-11)22-8-6-20-4-3-19-5-7-21-13/h1-2,9,12H,3-8,10,16H2,(H,17,18). The van der Waals surface area contributed by atoms with E-state index in [1.54, 1.807) is 18.2 Å². The van der Waals surface area contributed by atoms with Gasteiger partial charge in [0.05, 0.1) is 32.8 Å². The van der Waals surface area contributed by atoms with Crippen LogP contribution in [0.5, 0.6) is 11.5 Å². The molecule has 1 aliphatic heterocycles. The van der Waals surface area contributed by atoms with Crippen molar-refractivity contribution in [3.63, 3.8) is 0 Å². The Hall–Kier alpha value is -1.83. The maximum atomic E-state index is 10.8. The Bertz CT molecular complexity index is 493. The summed E-state index contributed by atoms with van der Waals surface area (Å²) >= 11 is 0. The molecule has 1 aliphatic rings. The lowest BCUT2D eigenvalue weighted by Crippen LogP contribution is -2.17. The van der Waals surface area contributed by atoms with Gasteiger partial charge in [-0.3, -0.25) is 4.79 Å². The van der Waals surface area contributed by atoms with Gasteiger partial charge in [-0.2, -0.15) is 0 Å². The maximum Gasteiger partial charge on any atom is 0.305 e. The van der Waals surface area contributed by atoms with Gasteiger partial charge in [-0.05, 0) is 17.7 Å². The molecule has 0 aliphatic carbocycles. The van der Waals surface area contributed by atoms with E-state index in [1.807, 2.05) is 0 Å². The molecular formula is C15H21NO6. The van der Waals surface area contributed by atoms with E-state index in [9.17, 15) is 4.79 Å². The van der Waals surface area contributed by atoms with Crippen molar-refractivity contribution in [1.82, 2.24) is 0 Å². The van der Waals surface area contributed by atoms with E-state index in [2.05, 4.69) is 0 Å². The highest BCUT2D eigenvalue weighted by Gasteiger charge is 2.14. The largest absolute Gasteiger partial charge is 0.487 e. The van der Waals surface area contributed by atoms with Crippen molar-refractivity contribution in [3.8, 4) is 11.5 Å². The fraction of sp³-hybridized carbons (Fsp3) is 0.533. The van der Waals surface area contributed by atoms with Crippen LogP contribution in [0.3, 0.4) is 0 Å². The SMILES string of the molecule is NC(CC(=O)O)c1ccc2c(c1)OCCOCCOCCO2. The molecule has 1 aromatic rings. The minimum atomic E-state index is -0.942. The van der Waals surface area contributed by atoms with Crippen LogP contribution in [0.1, 0.15) is 18.0 Å². The molecule has 0 saturated carbocycles. The van der Waals surface area contributed by atoms with Gasteiger partial charge in [0.2, 0.25) is 0 Å². The number of carboxylic acids is 1. The van der Waals surface area contributed by atoms with Crippen molar-refractivity contribution in [3.05, 3.63) is 23.8 Å². The number of hydrogen-bond acceptors (Lipinski definition) is 6. The Kier molecular flexibility index (Phi) is 6.45. The zero-order valence-corrected chi connectivity index (χ0v) is 12.3. The number of fused-ring (bicyclic) bond motifs is 1. The van der Waals surface area contributed by atoms with Crippen molar-refractivity contribution in [2.24, 2.45) is 5.73 Å². The average molecular weight is 311 g/mol. The van der Waals surface area contributed by atoms with Crippen LogP contribution in [0.25, 0.3) is 0 Å². The summed E-state index contributed by atoms with van der Waals surface area (Å²) in [5, 5.41) is 8.83. The zero-order valence-electron chi connectivity index (χ0n) is 12.3. The molecule has 0 spiro atoms. The number of rotatable bonds is 3. The monoisotopic (exact) mass is 311 g/mol. The van der Waals surface area contributed by atoms with E-state index in [0.717, 1.165) is 0 Å². The number of aliphatic carboxylic acids is 1. The fourth-order valence-corrected chi connectivity index (χ4v) is 2.04. The van der Waals surface area contributed by atoms with Crippen molar-refractivity contribution >= 4 is 5.97 Å². The molecule has 0 bridgehead atoms. The Morgan fingerprint density at radius 1 is 1.05 bits per heavy atom. The summed E-state index contributed by atoms with van der Waals surface area (Å²) in [6.07, 6.45) is -0.142. The van der Waals surface area contributed by atoms with Crippen LogP contribution >= 0.6 is 0 Å². The average Bonchev–Trinajstić information content (AvgIpc) is 2.47. The van der Waals surface area contributed by atoms with Gasteiger partial charge in [0, 0.05) is 6.04 Å². The second kappa shape index (κ2) is 8.57. The van der Waals surface area contributed by atoms with Crippen LogP contribution in [-0.2, 0) is 14.3 Å². The molecule has 0 saturated heterocycles. The number of carbonyl (C=O) groups is 1. The van der Waals surface area contributed by atoms with Crippen LogP contribution in [-0.4, -0.2) is 50.7 Å². The van der Waals surface area contributed by atoms with E-state index in [4.69, 9.17) is 29.8 Å². The molecule has 7 nitrogen and oxygen atoms in total. The highest BCUT2D eigenvalue weighted by atomic mass is 16.6. The predicted molar refractivity (Wildman–Crippen MR) is 78.3 cm³/mol. The lowest BCUT2D eigenvalue weighted by Gasteiger charge is -2.17. The zero-order chi connectivity index (χ0) is 15.8. The molecule has 1 heterocycles. The van der Waals surface area contributed by atoms with Crippen LogP contribution in [0.2, 0.25) is 0 Å². The van der Waals surface area contributed by atoms with Gasteiger partial charge in [0.25, 0.3) is 0 Å². The second-order valence-electron chi connectivity index (χ2n) is 4.83. The van der Waals surface area contributed by atoms with Crippen molar-refractivity contribution in [2.45, 2.75) is 12.5 Å². The smallest absolute Gasteiger partial charge is 0.305 e. The first kappa shape index (κ1) is 16.5. The molecule has 0 radical (unpaired) electrons. The van der Waals surface area contributed by atoms with Gasteiger partial charge < -0.3 is 29.8 Å². The summed E-state index contributed by atoms with van der Waals surface area (Å²) in [5.41, 5.74) is 6.57. The van der Waals surface area contributed by atoms with Crippen LogP contribution in [0, 0.1) is 0 Å². The number of hydrogen-bond donors (Lipinski definition) is 2. The fourth-order valence-electron chi connectivity index (χ4n) is 2.04. The topological polar surface area (TPSA) is 100 Å². The minimum Gasteiger partial charge on any atom is -0.487 e. The Morgan fingerprint density at radius 2 is 1.64 bits per heavy atom. The van der Waals surface area contributed by atoms with Crippen LogP contribution < -0.4 is 15.2 Å². The number of nitrogens with two attached hydrogens (primary N) is 1. The molecule has 0 fully saturated rings. The third kappa shape index (κ3) is 5.18. The summed E-state index contributed by atoms with van der Waals surface area (Å²) in [5.74, 6) is 0.168. The normalized spacial score (nSPS) is 17.9.